The summed E-state index contributed by atoms with van der Waals surface area (Å²) in [6, 6.07) is 7.77. The monoisotopic (exact) mass is 496 g/mol. The number of aryl methyl sites for hydroxylation is 1. The van der Waals surface area contributed by atoms with E-state index in [9.17, 15) is 8.78 Å². The van der Waals surface area contributed by atoms with Gasteiger partial charge in [0.05, 0.1) is 18.4 Å². The van der Waals surface area contributed by atoms with Gasteiger partial charge in [-0.15, -0.1) is 10.2 Å². The predicted octanol–water partition coefficient (Wildman–Crippen LogP) is 4.96. The topological polar surface area (TPSA) is 50.1 Å². The second kappa shape index (κ2) is 7.46. The lowest BCUT2D eigenvalue weighted by atomic mass is 9.57. The quantitative estimate of drug-likeness (QED) is 0.510. The van der Waals surface area contributed by atoms with Crippen molar-refractivity contribution in [1.29, 1.82) is 0 Å². The van der Waals surface area contributed by atoms with Gasteiger partial charge in [-0.05, 0) is 68.0 Å². The van der Waals surface area contributed by atoms with E-state index in [4.69, 9.17) is 11.6 Å². The Kier molecular flexibility index (Phi) is 4.62. The van der Waals surface area contributed by atoms with E-state index in [1.807, 2.05) is 24.3 Å². The number of aromatic nitrogens is 4. The van der Waals surface area contributed by atoms with Crippen molar-refractivity contribution >= 4 is 17.4 Å². The molecule has 6 nitrogen and oxygen atoms in total. The number of alkyl halides is 1. The molecule has 2 aromatic heterocycles. The Balaban J connectivity index is 1.12. The fourth-order valence-corrected chi connectivity index (χ4v) is 6.41. The van der Waals surface area contributed by atoms with Crippen molar-refractivity contribution in [3.8, 4) is 5.69 Å². The fourth-order valence-electron chi connectivity index (χ4n) is 6.21. The Morgan fingerprint density at radius 1 is 1.11 bits per heavy atom. The lowest BCUT2D eigenvalue weighted by molar-refractivity contribution is 0.0581. The highest BCUT2D eigenvalue weighted by Crippen LogP contribution is 2.56. The van der Waals surface area contributed by atoms with Gasteiger partial charge in [-0.3, -0.25) is 9.47 Å². The first-order valence-corrected chi connectivity index (χ1v) is 12.7. The highest BCUT2D eigenvalue weighted by atomic mass is 35.5. The van der Waals surface area contributed by atoms with Gasteiger partial charge in [-0.25, -0.2) is 13.8 Å². The maximum atomic E-state index is 14.6. The first-order valence-electron chi connectivity index (χ1n) is 12.3. The van der Waals surface area contributed by atoms with Gasteiger partial charge < -0.3 is 4.90 Å². The van der Waals surface area contributed by atoms with Crippen LogP contribution in [0.3, 0.4) is 0 Å². The van der Waals surface area contributed by atoms with Gasteiger partial charge in [0.2, 0.25) is 0 Å². The number of fused-ring (bicyclic) bond motifs is 3. The zero-order valence-corrected chi connectivity index (χ0v) is 20.4. The van der Waals surface area contributed by atoms with Crippen LogP contribution in [0.2, 0.25) is 5.02 Å². The average Bonchev–Trinajstić information content (AvgIpc) is 3.39. The summed E-state index contributed by atoms with van der Waals surface area (Å²) in [7, 11) is 0. The molecule has 182 valence electrons. The number of halogens is 3. The van der Waals surface area contributed by atoms with Gasteiger partial charge in [0.25, 0.3) is 0 Å². The molecule has 4 aliphatic rings. The minimum Gasteiger partial charge on any atom is -0.355 e. The standard InChI is InChI=1S/C26H27ClF2N6/c1-16-6-22(30-10-20(16)28)34-13-25(14-34)8-18(9-25)24-32-31-23-12-33(15-26(29)4-5-26)11-17-7-19(27)2-3-21(17)35(23)24/h2-3,6-7,10,18H,4-5,8-9,11-15H2,1H3. The normalized spacial score (nSPS) is 22.2. The summed E-state index contributed by atoms with van der Waals surface area (Å²) in [5, 5.41) is 9.90. The van der Waals surface area contributed by atoms with E-state index in [0.29, 0.717) is 49.0 Å². The SMILES string of the molecule is Cc1cc(N2CC3(CC(c4nnc5n4-c4ccc(Cl)cc4CN(CC4(F)CC4)C5)C3)C2)ncc1F. The van der Waals surface area contributed by atoms with Crippen LogP contribution < -0.4 is 4.90 Å². The van der Waals surface area contributed by atoms with Crippen LogP contribution in [0.15, 0.2) is 30.5 Å². The molecule has 3 aromatic rings. The third kappa shape index (κ3) is 3.64. The molecule has 0 atom stereocenters. The van der Waals surface area contributed by atoms with Crippen molar-refractivity contribution in [1.82, 2.24) is 24.6 Å². The van der Waals surface area contributed by atoms with Crippen LogP contribution in [0.5, 0.6) is 0 Å². The second-order valence-electron chi connectivity index (χ2n) is 11.1. The van der Waals surface area contributed by atoms with Gasteiger partial charge in [-0.1, -0.05) is 11.6 Å². The molecule has 0 radical (unpaired) electrons. The predicted molar refractivity (Wildman–Crippen MR) is 129 cm³/mol. The summed E-state index contributed by atoms with van der Waals surface area (Å²) in [6.45, 7) is 5.28. The summed E-state index contributed by atoms with van der Waals surface area (Å²) in [4.78, 5) is 8.64. The van der Waals surface area contributed by atoms with E-state index in [0.717, 1.165) is 54.6 Å². The molecule has 1 saturated heterocycles. The zero-order chi connectivity index (χ0) is 23.9. The minimum absolute atomic E-state index is 0.257. The first kappa shape index (κ1) is 21.7. The molecule has 7 rings (SSSR count). The molecule has 0 N–H and O–H groups in total. The summed E-state index contributed by atoms with van der Waals surface area (Å²) in [6.07, 6.45) is 4.67. The van der Waals surface area contributed by atoms with Crippen LogP contribution in [0, 0.1) is 18.2 Å². The summed E-state index contributed by atoms with van der Waals surface area (Å²) < 4.78 is 30.4. The highest BCUT2D eigenvalue weighted by molar-refractivity contribution is 6.30. The van der Waals surface area contributed by atoms with Crippen molar-refractivity contribution < 1.29 is 8.78 Å². The largest absolute Gasteiger partial charge is 0.355 e. The highest BCUT2D eigenvalue weighted by Gasteiger charge is 2.54. The Labute approximate surface area is 207 Å². The molecule has 2 saturated carbocycles. The van der Waals surface area contributed by atoms with Crippen LogP contribution >= 0.6 is 11.6 Å². The first-order chi connectivity index (χ1) is 16.8. The molecule has 1 aromatic carbocycles. The number of hydrogen-bond donors (Lipinski definition) is 0. The van der Waals surface area contributed by atoms with Gasteiger partial charge in [0.1, 0.15) is 23.1 Å². The molecule has 2 aliphatic heterocycles. The Morgan fingerprint density at radius 3 is 2.66 bits per heavy atom. The summed E-state index contributed by atoms with van der Waals surface area (Å²) in [5.41, 5.74) is 1.96. The van der Waals surface area contributed by atoms with E-state index in [1.165, 1.54) is 6.20 Å². The number of hydrogen-bond acceptors (Lipinski definition) is 5. The molecular formula is C26H27ClF2N6. The Hall–Kier alpha value is -2.58. The molecule has 0 amide bonds. The van der Waals surface area contributed by atoms with E-state index < -0.39 is 5.67 Å². The van der Waals surface area contributed by atoms with Crippen molar-refractivity contribution in [2.24, 2.45) is 5.41 Å². The number of pyridine rings is 1. The van der Waals surface area contributed by atoms with Crippen LogP contribution in [0.4, 0.5) is 14.6 Å². The van der Waals surface area contributed by atoms with Crippen LogP contribution in [-0.2, 0) is 13.1 Å². The lowest BCUT2D eigenvalue weighted by Gasteiger charge is -2.59. The number of rotatable bonds is 4. The average molecular weight is 497 g/mol. The summed E-state index contributed by atoms with van der Waals surface area (Å²) >= 11 is 6.35. The van der Waals surface area contributed by atoms with Crippen molar-refractivity contribution in [3.63, 3.8) is 0 Å². The number of nitrogens with zero attached hydrogens (tertiary/aromatic N) is 6. The third-order valence-corrected chi connectivity index (χ3v) is 8.46. The van der Waals surface area contributed by atoms with Crippen molar-refractivity contribution in [2.45, 2.75) is 57.3 Å². The number of anilines is 1. The van der Waals surface area contributed by atoms with E-state index >= 15 is 0 Å². The smallest absolute Gasteiger partial charge is 0.151 e. The molecule has 35 heavy (non-hydrogen) atoms. The zero-order valence-electron chi connectivity index (χ0n) is 19.6. The van der Waals surface area contributed by atoms with E-state index in [1.54, 1.807) is 6.92 Å². The molecular weight excluding hydrogens is 470 g/mol. The van der Waals surface area contributed by atoms with Gasteiger partial charge in [-0.2, -0.15) is 0 Å². The minimum atomic E-state index is -1.06. The molecule has 2 aliphatic carbocycles. The van der Waals surface area contributed by atoms with Gasteiger partial charge in [0.15, 0.2) is 5.82 Å². The molecule has 1 spiro atoms. The van der Waals surface area contributed by atoms with Crippen LogP contribution in [0.1, 0.15) is 54.4 Å². The third-order valence-electron chi connectivity index (χ3n) is 8.23. The lowest BCUT2D eigenvalue weighted by Crippen LogP contribution is -2.62. The van der Waals surface area contributed by atoms with Crippen molar-refractivity contribution in [3.05, 3.63) is 64.1 Å². The van der Waals surface area contributed by atoms with E-state index in [-0.39, 0.29) is 11.2 Å². The van der Waals surface area contributed by atoms with Gasteiger partial charge >= 0.3 is 0 Å². The molecule has 3 fully saturated rings. The molecule has 0 bridgehead atoms. The molecule has 9 heteroatoms. The van der Waals surface area contributed by atoms with E-state index in [2.05, 4.69) is 29.5 Å². The second-order valence-corrected chi connectivity index (χ2v) is 11.6. The van der Waals surface area contributed by atoms with Crippen LogP contribution in [-0.4, -0.2) is 50.0 Å². The summed E-state index contributed by atoms with van der Waals surface area (Å²) in [5.74, 6) is 2.77. The Morgan fingerprint density at radius 2 is 1.91 bits per heavy atom. The number of benzene rings is 1. The molecule has 0 unspecified atom stereocenters. The molecule has 4 heterocycles. The maximum absolute atomic E-state index is 14.6. The fraction of sp³-hybridized carbons (Fsp3) is 0.500. The maximum Gasteiger partial charge on any atom is 0.151 e. The van der Waals surface area contributed by atoms with Gasteiger partial charge in [0, 0.05) is 42.5 Å². The Bertz CT molecular complexity index is 1320. The van der Waals surface area contributed by atoms with Crippen LogP contribution in [0.25, 0.3) is 5.69 Å². The van der Waals surface area contributed by atoms with Crippen molar-refractivity contribution in [2.75, 3.05) is 24.5 Å².